The average Bonchev–Trinajstić information content (AvgIpc) is 3.10. The van der Waals surface area contributed by atoms with Crippen LogP contribution in [0.1, 0.15) is 37.7 Å². The van der Waals surface area contributed by atoms with E-state index in [-0.39, 0.29) is 5.91 Å². The van der Waals surface area contributed by atoms with Gasteiger partial charge in [-0.2, -0.15) is 0 Å². The zero-order valence-corrected chi connectivity index (χ0v) is 11.2. The Morgan fingerprint density at radius 1 is 1.50 bits per heavy atom. The molecule has 0 unspecified atom stereocenters. The molecule has 0 saturated heterocycles. The van der Waals surface area contributed by atoms with Crippen LogP contribution in [0, 0.1) is 6.92 Å². The summed E-state index contributed by atoms with van der Waals surface area (Å²) in [4.78, 5) is 14.1. The van der Waals surface area contributed by atoms with Crippen molar-refractivity contribution in [2.45, 2.75) is 45.7 Å². The molecule has 18 heavy (non-hydrogen) atoms. The maximum Gasteiger partial charge on any atom is 0.224 e. The largest absolute Gasteiger partial charge is 0.464 e. The van der Waals surface area contributed by atoms with E-state index in [9.17, 15) is 4.79 Å². The molecule has 0 radical (unpaired) electrons. The van der Waals surface area contributed by atoms with Crippen molar-refractivity contribution < 1.29 is 9.21 Å². The summed E-state index contributed by atoms with van der Waals surface area (Å²) in [5.41, 5.74) is 0. The monoisotopic (exact) mass is 250 g/mol. The molecule has 100 valence electrons. The van der Waals surface area contributed by atoms with Crippen LogP contribution in [0.25, 0.3) is 0 Å². The number of carbonyl (C=O) groups is 1. The number of furan rings is 1. The smallest absolute Gasteiger partial charge is 0.224 e. The average molecular weight is 250 g/mol. The number of rotatable bonds is 7. The number of amides is 1. The molecule has 4 heteroatoms. The molecule has 1 aliphatic rings. The number of nitrogens with one attached hydrogen (secondary N) is 1. The van der Waals surface area contributed by atoms with E-state index in [1.54, 1.807) is 0 Å². The van der Waals surface area contributed by atoms with Gasteiger partial charge in [0.2, 0.25) is 5.91 Å². The molecule has 1 saturated carbocycles. The van der Waals surface area contributed by atoms with Gasteiger partial charge in [-0.3, -0.25) is 4.79 Å². The van der Waals surface area contributed by atoms with Gasteiger partial charge in [-0.25, -0.2) is 0 Å². The highest BCUT2D eigenvalue weighted by Crippen LogP contribution is 2.29. The van der Waals surface area contributed by atoms with Crippen LogP contribution in [-0.4, -0.2) is 29.9 Å². The fourth-order valence-corrected chi connectivity index (χ4v) is 2.06. The second-order valence-corrected chi connectivity index (χ2v) is 4.87. The molecule has 1 fully saturated rings. The zero-order valence-electron chi connectivity index (χ0n) is 11.2. The third kappa shape index (κ3) is 3.60. The Kier molecular flexibility index (Phi) is 4.42. The number of aryl methyl sites for hydroxylation is 1. The van der Waals surface area contributed by atoms with Gasteiger partial charge in [-0.15, -0.1) is 0 Å². The Morgan fingerprint density at radius 2 is 2.28 bits per heavy atom. The highest BCUT2D eigenvalue weighted by Gasteiger charge is 2.32. The molecule has 1 aromatic heterocycles. The number of hydrogen-bond acceptors (Lipinski definition) is 3. The summed E-state index contributed by atoms with van der Waals surface area (Å²) in [5.74, 6) is 2.02. The first-order valence-electron chi connectivity index (χ1n) is 6.76. The Hall–Kier alpha value is -1.29. The van der Waals surface area contributed by atoms with Crippen LogP contribution in [0.2, 0.25) is 0 Å². The molecule has 1 aromatic rings. The second-order valence-electron chi connectivity index (χ2n) is 4.87. The lowest BCUT2D eigenvalue weighted by Gasteiger charge is -2.21. The molecule has 0 spiro atoms. The van der Waals surface area contributed by atoms with E-state index in [0.29, 0.717) is 19.0 Å². The SMILES string of the molecule is CCNCCC(=O)N(Cc1ccc(C)o1)C1CC1. The van der Waals surface area contributed by atoms with Gasteiger partial charge in [0.25, 0.3) is 0 Å². The molecular weight excluding hydrogens is 228 g/mol. The first-order chi connectivity index (χ1) is 8.70. The highest BCUT2D eigenvalue weighted by molar-refractivity contribution is 5.77. The highest BCUT2D eigenvalue weighted by atomic mass is 16.3. The minimum Gasteiger partial charge on any atom is -0.464 e. The fraction of sp³-hybridized carbons (Fsp3) is 0.643. The van der Waals surface area contributed by atoms with E-state index in [1.165, 1.54) is 0 Å². The quantitative estimate of drug-likeness (QED) is 0.754. The van der Waals surface area contributed by atoms with Gasteiger partial charge in [-0.05, 0) is 38.4 Å². The molecule has 0 bridgehead atoms. The number of nitrogens with zero attached hydrogens (tertiary/aromatic N) is 1. The summed E-state index contributed by atoms with van der Waals surface area (Å²) >= 11 is 0. The molecule has 1 aliphatic carbocycles. The Labute approximate surface area is 108 Å². The minimum atomic E-state index is 0.229. The normalized spacial score (nSPS) is 14.8. The van der Waals surface area contributed by atoms with E-state index < -0.39 is 0 Å². The van der Waals surface area contributed by atoms with Crippen LogP contribution in [-0.2, 0) is 11.3 Å². The lowest BCUT2D eigenvalue weighted by molar-refractivity contribution is -0.132. The molecule has 0 aromatic carbocycles. The van der Waals surface area contributed by atoms with Gasteiger partial charge in [0.15, 0.2) is 0 Å². The van der Waals surface area contributed by atoms with Crippen LogP contribution in [0.3, 0.4) is 0 Å². The van der Waals surface area contributed by atoms with Gasteiger partial charge in [0.05, 0.1) is 6.54 Å². The van der Waals surface area contributed by atoms with Crippen LogP contribution < -0.4 is 5.32 Å². The first-order valence-corrected chi connectivity index (χ1v) is 6.76. The lowest BCUT2D eigenvalue weighted by Crippen LogP contribution is -2.34. The molecule has 0 aliphatic heterocycles. The molecule has 1 amide bonds. The summed E-state index contributed by atoms with van der Waals surface area (Å²) in [6.07, 6.45) is 2.84. The molecular formula is C14H22N2O2. The predicted molar refractivity (Wildman–Crippen MR) is 70.2 cm³/mol. The van der Waals surface area contributed by atoms with Crippen LogP contribution in [0.15, 0.2) is 16.5 Å². The number of hydrogen-bond donors (Lipinski definition) is 1. The molecule has 1 heterocycles. The minimum absolute atomic E-state index is 0.229. The van der Waals surface area contributed by atoms with Crippen LogP contribution in [0.4, 0.5) is 0 Å². The standard InChI is InChI=1S/C14H22N2O2/c1-3-15-9-8-14(17)16(12-5-6-12)10-13-7-4-11(2)18-13/h4,7,12,15H,3,5-6,8-10H2,1-2H3. The van der Waals surface area contributed by atoms with E-state index >= 15 is 0 Å². The summed E-state index contributed by atoms with van der Waals surface area (Å²) < 4.78 is 5.56. The predicted octanol–water partition coefficient (Wildman–Crippen LogP) is 2.08. The summed E-state index contributed by atoms with van der Waals surface area (Å²) in [6.45, 7) is 6.26. The van der Waals surface area contributed by atoms with E-state index in [2.05, 4.69) is 12.2 Å². The summed E-state index contributed by atoms with van der Waals surface area (Å²) in [7, 11) is 0. The fourth-order valence-electron chi connectivity index (χ4n) is 2.06. The van der Waals surface area contributed by atoms with E-state index in [4.69, 9.17) is 4.42 Å². The van der Waals surface area contributed by atoms with Crippen molar-refractivity contribution in [2.24, 2.45) is 0 Å². The lowest BCUT2D eigenvalue weighted by atomic mass is 10.3. The van der Waals surface area contributed by atoms with E-state index in [1.807, 2.05) is 24.0 Å². The first kappa shape index (κ1) is 13.1. The Balaban J connectivity index is 1.89. The van der Waals surface area contributed by atoms with Crippen molar-refractivity contribution >= 4 is 5.91 Å². The maximum atomic E-state index is 12.2. The van der Waals surface area contributed by atoms with Crippen molar-refractivity contribution in [3.63, 3.8) is 0 Å². The molecule has 1 N–H and O–H groups in total. The van der Waals surface area contributed by atoms with Crippen molar-refractivity contribution in [3.05, 3.63) is 23.7 Å². The Bertz CT molecular complexity index is 396. The second kappa shape index (κ2) is 6.05. The maximum absolute atomic E-state index is 12.2. The zero-order chi connectivity index (χ0) is 13.0. The summed E-state index contributed by atoms with van der Waals surface area (Å²) in [6, 6.07) is 4.34. The van der Waals surface area contributed by atoms with Crippen molar-refractivity contribution in [1.29, 1.82) is 0 Å². The van der Waals surface area contributed by atoms with E-state index in [0.717, 1.165) is 37.5 Å². The van der Waals surface area contributed by atoms with Gasteiger partial charge in [-0.1, -0.05) is 6.92 Å². The molecule has 0 atom stereocenters. The van der Waals surface area contributed by atoms with Crippen molar-refractivity contribution in [3.8, 4) is 0 Å². The van der Waals surface area contributed by atoms with Crippen LogP contribution >= 0.6 is 0 Å². The van der Waals surface area contributed by atoms with Crippen molar-refractivity contribution in [1.82, 2.24) is 10.2 Å². The van der Waals surface area contributed by atoms with Gasteiger partial charge in [0.1, 0.15) is 11.5 Å². The number of carbonyl (C=O) groups excluding carboxylic acids is 1. The third-order valence-corrected chi connectivity index (χ3v) is 3.20. The third-order valence-electron chi connectivity index (χ3n) is 3.20. The van der Waals surface area contributed by atoms with Gasteiger partial charge >= 0.3 is 0 Å². The topological polar surface area (TPSA) is 45.5 Å². The van der Waals surface area contributed by atoms with Gasteiger partial charge in [0, 0.05) is 19.0 Å². The van der Waals surface area contributed by atoms with Crippen molar-refractivity contribution in [2.75, 3.05) is 13.1 Å². The molecule has 2 rings (SSSR count). The summed E-state index contributed by atoms with van der Waals surface area (Å²) in [5, 5.41) is 3.19. The van der Waals surface area contributed by atoms with Crippen LogP contribution in [0.5, 0.6) is 0 Å². The van der Waals surface area contributed by atoms with Gasteiger partial charge < -0.3 is 14.6 Å². The molecule has 4 nitrogen and oxygen atoms in total. The Morgan fingerprint density at radius 3 is 2.83 bits per heavy atom.